The van der Waals surface area contributed by atoms with Crippen LogP contribution in [-0.2, 0) is 6.42 Å². The SMILES string of the molecule is Cc1nc2ccc(OCCc3ccccn3)cc2n2c(-c3ccccc3Cl)nnc12. The van der Waals surface area contributed by atoms with Crippen molar-refractivity contribution in [3.05, 3.63) is 83.3 Å². The van der Waals surface area contributed by atoms with Crippen LogP contribution in [0.4, 0.5) is 0 Å². The Morgan fingerprint density at radius 2 is 1.87 bits per heavy atom. The van der Waals surface area contributed by atoms with E-state index in [-0.39, 0.29) is 0 Å². The van der Waals surface area contributed by atoms with Crippen LogP contribution in [0.2, 0.25) is 5.02 Å². The van der Waals surface area contributed by atoms with Gasteiger partial charge in [0.25, 0.3) is 0 Å². The first-order valence-electron chi connectivity index (χ1n) is 9.64. The molecule has 0 bridgehead atoms. The molecule has 0 aliphatic rings. The number of rotatable bonds is 5. The fraction of sp³-hybridized carbons (Fsp3) is 0.130. The van der Waals surface area contributed by atoms with Crippen LogP contribution in [-0.4, -0.2) is 31.2 Å². The second-order valence-corrected chi connectivity index (χ2v) is 7.34. The molecular formula is C23H18ClN5O. The van der Waals surface area contributed by atoms with E-state index in [1.165, 1.54) is 0 Å². The molecule has 7 heteroatoms. The molecule has 0 amide bonds. The fourth-order valence-corrected chi connectivity index (χ4v) is 3.70. The maximum Gasteiger partial charge on any atom is 0.183 e. The molecule has 0 saturated carbocycles. The molecule has 2 aromatic carbocycles. The van der Waals surface area contributed by atoms with Crippen LogP contribution in [0.25, 0.3) is 28.1 Å². The number of hydrogen-bond acceptors (Lipinski definition) is 5. The Labute approximate surface area is 178 Å². The number of aryl methyl sites for hydroxylation is 1. The van der Waals surface area contributed by atoms with E-state index in [9.17, 15) is 0 Å². The van der Waals surface area contributed by atoms with Gasteiger partial charge in [0, 0.05) is 29.9 Å². The van der Waals surface area contributed by atoms with Gasteiger partial charge in [-0.1, -0.05) is 29.8 Å². The molecular weight excluding hydrogens is 398 g/mol. The average molecular weight is 416 g/mol. The monoisotopic (exact) mass is 415 g/mol. The fourth-order valence-electron chi connectivity index (χ4n) is 3.48. The minimum absolute atomic E-state index is 0.532. The Morgan fingerprint density at radius 1 is 1.00 bits per heavy atom. The van der Waals surface area contributed by atoms with Gasteiger partial charge in [-0.3, -0.25) is 9.38 Å². The minimum Gasteiger partial charge on any atom is -0.493 e. The summed E-state index contributed by atoms with van der Waals surface area (Å²) in [4.78, 5) is 9.01. The van der Waals surface area contributed by atoms with E-state index in [1.54, 1.807) is 6.20 Å². The third kappa shape index (κ3) is 3.35. The smallest absolute Gasteiger partial charge is 0.183 e. The summed E-state index contributed by atoms with van der Waals surface area (Å²) in [7, 11) is 0. The number of fused-ring (bicyclic) bond motifs is 3. The van der Waals surface area contributed by atoms with Gasteiger partial charge in [-0.2, -0.15) is 0 Å². The van der Waals surface area contributed by atoms with Crippen molar-refractivity contribution in [2.75, 3.05) is 6.61 Å². The van der Waals surface area contributed by atoms with Crippen molar-refractivity contribution in [1.29, 1.82) is 0 Å². The molecule has 0 atom stereocenters. The van der Waals surface area contributed by atoms with Gasteiger partial charge in [0.15, 0.2) is 11.5 Å². The molecule has 5 aromatic rings. The maximum absolute atomic E-state index is 6.44. The number of nitrogens with zero attached hydrogens (tertiary/aromatic N) is 5. The molecule has 3 aromatic heterocycles. The molecule has 0 spiro atoms. The predicted octanol–water partition coefficient (Wildman–Crippen LogP) is 4.92. The van der Waals surface area contributed by atoms with Gasteiger partial charge in [0.2, 0.25) is 0 Å². The second kappa shape index (κ2) is 7.72. The van der Waals surface area contributed by atoms with Crippen LogP contribution in [0.1, 0.15) is 11.4 Å². The van der Waals surface area contributed by atoms with Crippen LogP contribution < -0.4 is 4.74 Å². The van der Waals surface area contributed by atoms with E-state index >= 15 is 0 Å². The van der Waals surface area contributed by atoms with Gasteiger partial charge in [-0.25, -0.2) is 4.98 Å². The highest BCUT2D eigenvalue weighted by Gasteiger charge is 2.16. The number of halogens is 1. The quantitative estimate of drug-likeness (QED) is 0.407. The lowest BCUT2D eigenvalue weighted by Gasteiger charge is -2.10. The standard InChI is InChI=1S/C23H18ClN5O/c1-15-22-27-28-23(18-7-2-3-8-19(18)24)29(22)21-14-17(9-10-20(21)26-15)30-13-11-16-6-4-5-12-25-16/h2-10,12,14H,11,13H2,1H3. The first kappa shape index (κ1) is 18.5. The number of pyridine rings is 1. The zero-order valence-electron chi connectivity index (χ0n) is 16.3. The average Bonchev–Trinajstić information content (AvgIpc) is 3.21. The van der Waals surface area contributed by atoms with Crippen molar-refractivity contribution in [3.63, 3.8) is 0 Å². The Morgan fingerprint density at radius 3 is 2.70 bits per heavy atom. The van der Waals surface area contributed by atoms with Crippen LogP contribution in [0.3, 0.4) is 0 Å². The second-order valence-electron chi connectivity index (χ2n) is 6.93. The van der Waals surface area contributed by atoms with Gasteiger partial charge in [0.05, 0.1) is 28.4 Å². The first-order valence-corrected chi connectivity index (χ1v) is 10.0. The van der Waals surface area contributed by atoms with E-state index in [2.05, 4.69) is 20.2 Å². The molecule has 6 nitrogen and oxygen atoms in total. The maximum atomic E-state index is 6.44. The molecule has 0 fully saturated rings. The van der Waals surface area contributed by atoms with E-state index in [1.807, 2.05) is 72.0 Å². The lowest BCUT2D eigenvalue weighted by atomic mass is 10.2. The summed E-state index contributed by atoms with van der Waals surface area (Å²) in [6, 6.07) is 19.3. The first-order chi connectivity index (χ1) is 14.7. The Kier molecular flexibility index (Phi) is 4.77. The van der Waals surface area contributed by atoms with E-state index < -0.39 is 0 Å². The summed E-state index contributed by atoms with van der Waals surface area (Å²) >= 11 is 6.44. The summed E-state index contributed by atoms with van der Waals surface area (Å²) in [5.74, 6) is 1.43. The summed E-state index contributed by atoms with van der Waals surface area (Å²) < 4.78 is 7.99. The third-order valence-electron chi connectivity index (χ3n) is 4.93. The highest BCUT2D eigenvalue weighted by atomic mass is 35.5. The molecule has 0 radical (unpaired) electrons. The molecule has 0 N–H and O–H groups in total. The van der Waals surface area contributed by atoms with Crippen LogP contribution in [0.5, 0.6) is 5.75 Å². The van der Waals surface area contributed by atoms with E-state index in [0.717, 1.165) is 40.2 Å². The summed E-state index contributed by atoms with van der Waals surface area (Å²) in [5.41, 5.74) is 5.02. The van der Waals surface area contributed by atoms with Crippen molar-refractivity contribution in [2.24, 2.45) is 0 Å². The molecule has 30 heavy (non-hydrogen) atoms. The molecule has 5 rings (SSSR count). The highest BCUT2D eigenvalue weighted by molar-refractivity contribution is 6.33. The number of hydrogen-bond donors (Lipinski definition) is 0. The zero-order chi connectivity index (χ0) is 20.5. The summed E-state index contributed by atoms with van der Waals surface area (Å²) in [6.45, 7) is 2.46. The topological polar surface area (TPSA) is 65.2 Å². The van der Waals surface area contributed by atoms with Crippen molar-refractivity contribution < 1.29 is 4.74 Å². The summed E-state index contributed by atoms with van der Waals surface area (Å²) in [5, 5.41) is 9.39. The van der Waals surface area contributed by atoms with Crippen molar-refractivity contribution in [1.82, 2.24) is 24.6 Å². The Balaban J connectivity index is 1.56. The largest absolute Gasteiger partial charge is 0.493 e. The third-order valence-corrected chi connectivity index (χ3v) is 5.26. The molecule has 0 unspecified atom stereocenters. The van der Waals surface area contributed by atoms with Gasteiger partial charge in [0.1, 0.15) is 5.75 Å². The number of benzene rings is 2. The van der Waals surface area contributed by atoms with Crippen LogP contribution in [0.15, 0.2) is 66.9 Å². The highest BCUT2D eigenvalue weighted by Crippen LogP contribution is 2.30. The molecule has 3 heterocycles. The molecule has 0 aliphatic carbocycles. The Bertz CT molecular complexity index is 1350. The lowest BCUT2D eigenvalue weighted by Crippen LogP contribution is -2.03. The number of aromatic nitrogens is 5. The van der Waals surface area contributed by atoms with Crippen molar-refractivity contribution >= 4 is 28.3 Å². The van der Waals surface area contributed by atoms with Gasteiger partial charge in [-0.15, -0.1) is 10.2 Å². The minimum atomic E-state index is 0.532. The molecule has 148 valence electrons. The Hall–Kier alpha value is -3.51. The van der Waals surface area contributed by atoms with Gasteiger partial charge in [-0.05, 0) is 43.3 Å². The normalized spacial score (nSPS) is 11.3. The molecule has 0 saturated heterocycles. The zero-order valence-corrected chi connectivity index (χ0v) is 17.0. The number of ether oxygens (including phenoxy) is 1. The van der Waals surface area contributed by atoms with E-state index in [4.69, 9.17) is 16.3 Å². The summed E-state index contributed by atoms with van der Waals surface area (Å²) in [6.07, 6.45) is 2.52. The molecule has 0 aliphatic heterocycles. The van der Waals surface area contributed by atoms with Gasteiger partial charge >= 0.3 is 0 Å². The van der Waals surface area contributed by atoms with Gasteiger partial charge < -0.3 is 4.74 Å². The van der Waals surface area contributed by atoms with Crippen molar-refractivity contribution in [3.8, 4) is 17.1 Å². The van der Waals surface area contributed by atoms with Crippen LogP contribution >= 0.6 is 11.6 Å². The van der Waals surface area contributed by atoms with Crippen LogP contribution in [0, 0.1) is 6.92 Å². The lowest BCUT2D eigenvalue weighted by molar-refractivity contribution is 0.321. The van der Waals surface area contributed by atoms with E-state index in [0.29, 0.717) is 23.1 Å². The van der Waals surface area contributed by atoms with Crippen molar-refractivity contribution in [2.45, 2.75) is 13.3 Å². The predicted molar refractivity (Wildman–Crippen MR) is 117 cm³/mol.